The van der Waals surface area contributed by atoms with Crippen LogP contribution in [0.25, 0.3) is 0 Å². The summed E-state index contributed by atoms with van der Waals surface area (Å²) in [5.41, 5.74) is 0.680. The quantitative estimate of drug-likeness (QED) is 0.606. The van der Waals surface area contributed by atoms with Gasteiger partial charge in [0.05, 0.1) is 11.6 Å². The van der Waals surface area contributed by atoms with Crippen LogP contribution >= 0.6 is 0 Å². The van der Waals surface area contributed by atoms with Crippen molar-refractivity contribution in [3.05, 3.63) is 42.5 Å². The topological polar surface area (TPSA) is 37.4 Å². The van der Waals surface area contributed by atoms with Crippen LogP contribution in [-0.4, -0.2) is 11.8 Å². The number of allylic oxidation sites excluding steroid dienone is 2. The molecule has 20 heavy (non-hydrogen) atoms. The second kappa shape index (κ2) is 6.51. The average Bonchev–Trinajstić information content (AvgIpc) is 2.76. The van der Waals surface area contributed by atoms with E-state index in [1.54, 1.807) is 12.1 Å². The Morgan fingerprint density at radius 1 is 1.25 bits per heavy atom. The molecule has 0 bridgehead atoms. The molecule has 2 rings (SSSR count). The van der Waals surface area contributed by atoms with Crippen LogP contribution in [0.3, 0.4) is 0 Å². The Kier molecular flexibility index (Phi) is 4.72. The third-order valence-electron chi connectivity index (χ3n) is 3.80. The van der Waals surface area contributed by atoms with E-state index in [9.17, 15) is 9.59 Å². The lowest BCUT2D eigenvalue weighted by molar-refractivity contribution is -0.122. The number of para-hydroxylation sites is 1. The normalized spacial score (nSPS) is 20.9. The highest BCUT2D eigenvalue weighted by molar-refractivity contribution is 6.21. The van der Waals surface area contributed by atoms with Crippen molar-refractivity contribution in [2.24, 2.45) is 11.8 Å². The molecule has 1 heterocycles. The van der Waals surface area contributed by atoms with E-state index in [-0.39, 0.29) is 23.7 Å². The van der Waals surface area contributed by atoms with E-state index in [4.69, 9.17) is 0 Å². The lowest BCUT2D eigenvalue weighted by Crippen LogP contribution is -2.31. The van der Waals surface area contributed by atoms with Crippen molar-refractivity contribution in [3.63, 3.8) is 0 Å². The molecule has 2 amide bonds. The third kappa shape index (κ3) is 2.82. The maximum absolute atomic E-state index is 12.6. The summed E-state index contributed by atoms with van der Waals surface area (Å²) in [6.07, 6.45) is 6.32. The van der Waals surface area contributed by atoms with Gasteiger partial charge in [-0.15, -0.1) is 0 Å². The van der Waals surface area contributed by atoms with Gasteiger partial charge in [0, 0.05) is 6.42 Å². The van der Waals surface area contributed by atoms with Gasteiger partial charge >= 0.3 is 0 Å². The molecule has 2 atom stereocenters. The predicted molar refractivity (Wildman–Crippen MR) is 80.3 cm³/mol. The second-order valence-corrected chi connectivity index (χ2v) is 5.12. The number of hydrogen-bond acceptors (Lipinski definition) is 2. The van der Waals surface area contributed by atoms with Crippen LogP contribution in [0.4, 0.5) is 5.69 Å². The Bertz CT molecular complexity index is 507. The van der Waals surface area contributed by atoms with E-state index in [0.29, 0.717) is 12.1 Å². The Morgan fingerprint density at radius 2 is 1.95 bits per heavy atom. The van der Waals surface area contributed by atoms with Crippen molar-refractivity contribution in [2.75, 3.05) is 4.90 Å². The number of nitrogens with zero attached hydrogens (tertiary/aromatic N) is 1. The van der Waals surface area contributed by atoms with Crippen LogP contribution in [0.15, 0.2) is 42.5 Å². The Labute approximate surface area is 120 Å². The molecule has 1 aromatic carbocycles. The van der Waals surface area contributed by atoms with Gasteiger partial charge in [0.2, 0.25) is 11.8 Å². The molecule has 106 valence electrons. The average molecular weight is 271 g/mol. The first kappa shape index (κ1) is 14.5. The van der Waals surface area contributed by atoms with E-state index in [2.05, 4.69) is 26.0 Å². The maximum atomic E-state index is 12.6. The molecule has 1 aliphatic rings. The lowest BCUT2D eigenvalue weighted by Gasteiger charge is -2.18. The molecule has 0 aliphatic carbocycles. The van der Waals surface area contributed by atoms with E-state index in [0.717, 1.165) is 12.8 Å². The molecule has 1 fully saturated rings. The minimum absolute atomic E-state index is 0.0613. The summed E-state index contributed by atoms with van der Waals surface area (Å²) >= 11 is 0. The highest BCUT2D eigenvalue weighted by Gasteiger charge is 2.42. The van der Waals surface area contributed by atoms with Crippen LogP contribution in [0.2, 0.25) is 0 Å². The summed E-state index contributed by atoms with van der Waals surface area (Å²) in [5, 5.41) is 0. The standard InChI is InChI=1S/C17H21NO2/c1-3-5-9-13(4-2)15-12-16(19)18(17(15)20)14-10-7-6-8-11-14/h5-11,13,15H,3-4,12H2,1-2H3/b9-5-. The minimum Gasteiger partial charge on any atom is -0.274 e. The summed E-state index contributed by atoms with van der Waals surface area (Å²) in [7, 11) is 0. The molecule has 3 nitrogen and oxygen atoms in total. The van der Waals surface area contributed by atoms with Gasteiger partial charge in [0.25, 0.3) is 0 Å². The molecule has 3 heteroatoms. The molecule has 0 saturated carbocycles. The number of amides is 2. The number of hydrogen-bond donors (Lipinski definition) is 0. The zero-order chi connectivity index (χ0) is 14.5. The van der Waals surface area contributed by atoms with Gasteiger partial charge in [0.1, 0.15) is 0 Å². The van der Waals surface area contributed by atoms with Gasteiger partial charge in [-0.05, 0) is 30.9 Å². The first-order valence-corrected chi connectivity index (χ1v) is 7.27. The zero-order valence-electron chi connectivity index (χ0n) is 12.1. The smallest absolute Gasteiger partial charge is 0.237 e. The van der Waals surface area contributed by atoms with Gasteiger partial charge in [0.15, 0.2) is 0 Å². The Hall–Kier alpha value is -1.90. The van der Waals surface area contributed by atoms with Gasteiger partial charge in [-0.25, -0.2) is 0 Å². The number of benzene rings is 1. The van der Waals surface area contributed by atoms with E-state index in [1.807, 2.05) is 18.2 Å². The van der Waals surface area contributed by atoms with E-state index in [1.165, 1.54) is 4.90 Å². The minimum atomic E-state index is -0.212. The number of carbonyl (C=O) groups excluding carboxylic acids is 2. The zero-order valence-corrected chi connectivity index (χ0v) is 12.1. The molecule has 1 aliphatic heterocycles. The number of carbonyl (C=O) groups is 2. The molecule has 0 radical (unpaired) electrons. The van der Waals surface area contributed by atoms with Crippen molar-refractivity contribution in [1.82, 2.24) is 0 Å². The summed E-state index contributed by atoms with van der Waals surface area (Å²) in [4.78, 5) is 26.1. The van der Waals surface area contributed by atoms with Gasteiger partial charge in [-0.3, -0.25) is 14.5 Å². The number of imide groups is 1. The van der Waals surface area contributed by atoms with Crippen molar-refractivity contribution in [2.45, 2.75) is 33.1 Å². The van der Waals surface area contributed by atoms with Crippen LogP contribution in [0, 0.1) is 11.8 Å². The Morgan fingerprint density at radius 3 is 2.55 bits per heavy atom. The molecule has 0 N–H and O–H groups in total. The molecule has 2 unspecified atom stereocenters. The van der Waals surface area contributed by atoms with Crippen LogP contribution in [0.5, 0.6) is 0 Å². The second-order valence-electron chi connectivity index (χ2n) is 5.12. The molecule has 1 aromatic rings. The first-order chi connectivity index (χ1) is 9.69. The van der Waals surface area contributed by atoms with Crippen molar-refractivity contribution in [3.8, 4) is 0 Å². The summed E-state index contributed by atoms with van der Waals surface area (Å²) in [6.45, 7) is 4.13. The fourth-order valence-corrected chi connectivity index (χ4v) is 2.70. The fraction of sp³-hybridized carbons (Fsp3) is 0.412. The highest BCUT2D eigenvalue weighted by Crippen LogP contribution is 2.32. The van der Waals surface area contributed by atoms with Crippen molar-refractivity contribution in [1.29, 1.82) is 0 Å². The molecule has 1 saturated heterocycles. The van der Waals surface area contributed by atoms with E-state index < -0.39 is 0 Å². The third-order valence-corrected chi connectivity index (χ3v) is 3.80. The summed E-state index contributed by atoms with van der Waals surface area (Å²) in [6, 6.07) is 9.18. The molecule has 0 spiro atoms. The largest absolute Gasteiger partial charge is 0.274 e. The first-order valence-electron chi connectivity index (χ1n) is 7.27. The van der Waals surface area contributed by atoms with Crippen LogP contribution in [-0.2, 0) is 9.59 Å². The van der Waals surface area contributed by atoms with Crippen molar-refractivity contribution < 1.29 is 9.59 Å². The highest BCUT2D eigenvalue weighted by atomic mass is 16.2. The summed E-state index contributed by atoms with van der Waals surface area (Å²) < 4.78 is 0. The molecular formula is C17H21NO2. The van der Waals surface area contributed by atoms with E-state index >= 15 is 0 Å². The maximum Gasteiger partial charge on any atom is 0.237 e. The van der Waals surface area contributed by atoms with Gasteiger partial charge in [-0.1, -0.05) is 44.2 Å². The van der Waals surface area contributed by atoms with Crippen LogP contribution < -0.4 is 4.90 Å². The molecular weight excluding hydrogens is 250 g/mol. The number of anilines is 1. The number of rotatable bonds is 5. The van der Waals surface area contributed by atoms with Gasteiger partial charge in [-0.2, -0.15) is 0 Å². The monoisotopic (exact) mass is 271 g/mol. The van der Waals surface area contributed by atoms with Gasteiger partial charge < -0.3 is 0 Å². The molecule has 0 aromatic heterocycles. The van der Waals surface area contributed by atoms with Crippen LogP contribution in [0.1, 0.15) is 33.1 Å². The lowest BCUT2D eigenvalue weighted by atomic mass is 9.88. The Balaban J connectivity index is 2.22. The summed E-state index contributed by atoms with van der Waals surface area (Å²) in [5.74, 6) is -0.209. The SMILES string of the molecule is CC/C=C\C(CC)C1CC(=O)N(c2ccccc2)C1=O. The van der Waals surface area contributed by atoms with Crippen molar-refractivity contribution >= 4 is 17.5 Å². The predicted octanol–water partition coefficient (Wildman–Crippen LogP) is 3.56. The fourth-order valence-electron chi connectivity index (χ4n) is 2.70.